The van der Waals surface area contributed by atoms with Crippen LogP contribution in [0, 0.1) is 5.92 Å². The van der Waals surface area contributed by atoms with Crippen LogP contribution in [-0.2, 0) is 38.0 Å². The summed E-state index contributed by atoms with van der Waals surface area (Å²) in [5.41, 5.74) is 1.51. The topological polar surface area (TPSA) is 243 Å². The molecule has 1 aliphatic carbocycles. The number of nitrogens with one attached hydrogen (secondary N) is 1. The van der Waals surface area contributed by atoms with Gasteiger partial charge in [-0.3, -0.25) is 4.79 Å². The van der Waals surface area contributed by atoms with Crippen molar-refractivity contribution in [3.05, 3.63) is 71.8 Å². The van der Waals surface area contributed by atoms with Crippen LogP contribution in [0.4, 0.5) is 0 Å². The predicted molar refractivity (Wildman–Crippen MR) is 199 cm³/mol. The lowest BCUT2D eigenvalue weighted by Crippen LogP contribution is -2.64. The van der Waals surface area contributed by atoms with Gasteiger partial charge in [-0.05, 0) is 36.8 Å². The van der Waals surface area contributed by atoms with Crippen molar-refractivity contribution in [2.45, 2.75) is 144 Å². The maximum absolute atomic E-state index is 14.0. The average molecular weight is 804 g/mol. The van der Waals surface area contributed by atoms with Gasteiger partial charge in [0.2, 0.25) is 5.91 Å². The number of ether oxygens (including phenoxy) is 6. The molecule has 14 atom stereocenters. The molecule has 3 aliphatic heterocycles. The Hall–Kier alpha value is -3.10. The van der Waals surface area contributed by atoms with Crippen molar-refractivity contribution in [2.75, 3.05) is 19.8 Å². The molecule has 3 heterocycles. The molecule has 316 valence electrons. The first-order chi connectivity index (χ1) is 27.5. The SMILES string of the molecule is C[C@@H]1O[C@@H](O[C@@H]2[C@@H](CNC(=O)C(c3ccccc3)c3ccccc3)OCC[C@H]2O[C@@H]2O[C@H](CO)[C@H](O)[C@H](O[C@@H](CC3CCCCC3)C(=O)O)[C@H]2O)[C@@H](O)[C@H](O)[C@@H]1O. The molecule has 1 amide bonds. The van der Waals surface area contributed by atoms with E-state index in [-0.39, 0.29) is 37.8 Å². The van der Waals surface area contributed by atoms with Crippen LogP contribution in [0.25, 0.3) is 0 Å². The summed E-state index contributed by atoms with van der Waals surface area (Å²) >= 11 is 0. The number of aliphatic hydroxyl groups excluding tert-OH is 6. The lowest BCUT2D eigenvalue weighted by molar-refractivity contribution is -0.355. The summed E-state index contributed by atoms with van der Waals surface area (Å²) in [5, 5.41) is 77.7. The Morgan fingerprint density at radius 1 is 0.754 bits per heavy atom. The summed E-state index contributed by atoms with van der Waals surface area (Å²) in [5.74, 6) is -2.17. The van der Waals surface area contributed by atoms with E-state index in [4.69, 9.17) is 28.4 Å². The highest BCUT2D eigenvalue weighted by Gasteiger charge is 2.51. The van der Waals surface area contributed by atoms with E-state index in [9.17, 15) is 45.3 Å². The molecule has 16 heteroatoms. The highest BCUT2D eigenvalue weighted by atomic mass is 16.7. The molecule has 2 aromatic rings. The number of aliphatic carboxylic acids is 1. The number of carboxylic acid groups (broad SMARTS) is 1. The van der Waals surface area contributed by atoms with E-state index in [1.807, 2.05) is 60.7 Å². The van der Waals surface area contributed by atoms with E-state index < -0.39 is 104 Å². The lowest BCUT2D eigenvalue weighted by Gasteiger charge is -2.47. The van der Waals surface area contributed by atoms with Crippen molar-refractivity contribution in [1.82, 2.24) is 5.32 Å². The molecule has 8 N–H and O–H groups in total. The first kappa shape index (κ1) is 43.5. The Morgan fingerprint density at radius 3 is 2.00 bits per heavy atom. The fourth-order valence-corrected chi connectivity index (χ4v) is 8.33. The van der Waals surface area contributed by atoms with Gasteiger partial charge in [-0.25, -0.2) is 4.79 Å². The molecule has 4 fully saturated rings. The van der Waals surface area contributed by atoms with Crippen LogP contribution in [0.5, 0.6) is 0 Å². The molecular formula is C41H57NO15. The van der Waals surface area contributed by atoms with Gasteiger partial charge in [0.1, 0.15) is 54.9 Å². The van der Waals surface area contributed by atoms with Gasteiger partial charge in [-0.2, -0.15) is 0 Å². The van der Waals surface area contributed by atoms with Gasteiger partial charge in [-0.1, -0.05) is 92.8 Å². The number of carboxylic acids is 1. The highest BCUT2D eigenvalue weighted by Crippen LogP contribution is 2.34. The Balaban J connectivity index is 1.22. The fraction of sp³-hybridized carbons (Fsp3) is 0.659. The van der Waals surface area contributed by atoms with E-state index in [2.05, 4.69) is 5.32 Å². The molecule has 0 aromatic heterocycles. The number of aliphatic hydroxyl groups is 6. The third-order valence-electron chi connectivity index (χ3n) is 11.6. The second-order valence-corrected chi connectivity index (χ2v) is 15.5. The van der Waals surface area contributed by atoms with Gasteiger partial charge in [0.25, 0.3) is 0 Å². The van der Waals surface area contributed by atoms with Crippen molar-refractivity contribution in [3.8, 4) is 0 Å². The monoisotopic (exact) mass is 803 g/mol. The molecule has 0 radical (unpaired) electrons. The molecular weight excluding hydrogens is 746 g/mol. The molecule has 4 aliphatic rings. The number of carbonyl (C=O) groups is 2. The number of hydrogen-bond donors (Lipinski definition) is 8. The number of hydrogen-bond acceptors (Lipinski definition) is 14. The minimum atomic E-state index is -1.73. The molecule has 0 unspecified atom stereocenters. The van der Waals surface area contributed by atoms with Crippen molar-refractivity contribution < 1.29 is 73.8 Å². The van der Waals surface area contributed by atoms with E-state index in [0.717, 1.165) is 43.2 Å². The third-order valence-corrected chi connectivity index (χ3v) is 11.6. The Morgan fingerprint density at radius 2 is 1.39 bits per heavy atom. The summed E-state index contributed by atoms with van der Waals surface area (Å²) in [7, 11) is 0. The average Bonchev–Trinajstić information content (AvgIpc) is 3.22. The van der Waals surface area contributed by atoms with Crippen LogP contribution in [0.15, 0.2) is 60.7 Å². The van der Waals surface area contributed by atoms with Gasteiger partial charge in [0.15, 0.2) is 18.7 Å². The minimum Gasteiger partial charge on any atom is -0.479 e. The number of carbonyl (C=O) groups excluding carboxylic acids is 1. The summed E-state index contributed by atoms with van der Waals surface area (Å²) in [6.07, 6.45) is -14.4. The summed E-state index contributed by atoms with van der Waals surface area (Å²) in [4.78, 5) is 26.3. The maximum Gasteiger partial charge on any atom is 0.332 e. The van der Waals surface area contributed by atoms with Crippen LogP contribution in [0.2, 0.25) is 0 Å². The van der Waals surface area contributed by atoms with Crippen molar-refractivity contribution in [1.29, 1.82) is 0 Å². The molecule has 0 spiro atoms. The largest absolute Gasteiger partial charge is 0.479 e. The van der Waals surface area contributed by atoms with E-state index in [1.54, 1.807) is 0 Å². The van der Waals surface area contributed by atoms with Gasteiger partial charge in [-0.15, -0.1) is 0 Å². The molecule has 57 heavy (non-hydrogen) atoms. The number of amides is 1. The standard InChI is InChI=1S/C41H57NO15/c1-22-31(44)33(46)34(47)40(53-22)57-36-26(17-18-52-28(36)20-42-38(49)30(24-13-7-3-8-14-24)25-15-9-4-10-16-25)55-41-35(48)37(32(45)29(21-43)56-41)54-27(39(50)51)19-23-11-5-2-6-12-23/h3-4,7-10,13-16,22-23,26-37,40-41,43-48H,2,5-6,11-12,17-21H2,1H3,(H,42,49)(H,50,51)/t22-,26+,27-,28+,29+,31+,32-,33+,34-,35+,36-,37-,40-,41+/m0/s1. The zero-order valence-electron chi connectivity index (χ0n) is 32.0. The number of benzene rings is 2. The molecule has 2 aromatic carbocycles. The van der Waals surface area contributed by atoms with Crippen molar-refractivity contribution >= 4 is 11.9 Å². The van der Waals surface area contributed by atoms with E-state index >= 15 is 0 Å². The number of rotatable bonds is 15. The highest BCUT2D eigenvalue weighted by molar-refractivity contribution is 5.87. The second kappa shape index (κ2) is 20.2. The van der Waals surface area contributed by atoms with E-state index in [1.165, 1.54) is 6.92 Å². The predicted octanol–water partition coefficient (Wildman–Crippen LogP) is 0.569. The van der Waals surface area contributed by atoms with Gasteiger partial charge in [0, 0.05) is 13.2 Å². The molecule has 0 bridgehead atoms. The minimum absolute atomic E-state index is 0.0783. The fourth-order valence-electron chi connectivity index (χ4n) is 8.33. The summed E-state index contributed by atoms with van der Waals surface area (Å²) < 4.78 is 36.3. The molecule has 3 saturated heterocycles. The Bertz CT molecular complexity index is 1510. The van der Waals surface area contributed by atoms with Crippen LogP contribution in [0.3, 0.4) is 0 Å². The van der Waals surface area contributed by atoms with Gasteiger partial charge >= 0.3 is 5.97 Å². The van der Waals surface area contributed by atoms with Crippen LogP contribution < -0.4 is 5.32 Å². The lowest BCUT2D eigenvalue weighted by atomic mass is 9.85. The Labute approximate surface area is 331 Å². The third kappa shape index (κ3) is 10.6. The van der Waals surface area contributed by atoms with Crippen molar-refractivity contribution in [2.24, 2.45) is 5.92 Å². The molecule has 1 saturated carbocycles. The van der Waals surface area contributed by atoms with Gasteiger partial charge in [0.05, 0.1) is 24.7 Å². The van der Waals surface area contributed by atoms with E-state index in [0.29, 0.717) is 0 Å². The second-order valence-electron chi connectivity index (χ2n) is 15.5. The van der Waals surface area contributed by atoms with Crippen LogP contribution in [-0.4, -0.2) is 153 Å². The smallest absolute Gasteiger partial charge is 0.332 e. The first-order valence-electron chi connectivity index (χ1n) is 20.0. The zero-order chi connectivity index (χ0) is 40.6. The van der Waals surface area contributed by atoms with Crippen molar-refractivity contribution in [3.63, 3.8) is 0 Å². The summed E-state index contributed by atoms with van der Waals surface area (Å²) in [6.45, 7) is 0.746. The van der Waals surface area contributed by atoms with Gasteiger partial charge < -0.3 is 69.5 Å². The normalized spacial score (nSPS) is 35.8. The zero-order valence-corrected chi connectivity index (χ0v) is 32.0. The summed E-state index contributed by atoms with van der Waals surface area (Å²) in [6, 6.07) is 18.5. The molecule has 6 rings (SSSR count). The first-order valence-corrected chi connectivity index (χ1v) is 20.0. The molecule has 16 nitrogen and oxygen atoms in total. The van der Waals surface area contributed by atoms with Crippen LogP contribution >= 0.6 is 0 Å². The maximum atomic E-state index is 14.0. The quantitative estimate of drug-likeness (QED) is 0.123. The van der Waals surface area contributed by atoms with Crippen LogP contribution in [0.1, 0.15) is 68.9 Å². The Kier molecular flexibility index (Phi) is 15.4.